The molecule has 1 aliphatic heterocycles. The summed E-state index contributed by atoms with van der Waals surface area (Å²) in [7, 11) is 1.77. The van der Waals surface area contributed by atoms with Gasteiger partial charge in [0.15, 0.2) is 5.82 Å². The Morgan fingerprint density at radius 2 is 1.86 bits per heavy atom. The number of aromatic nitrogens is 7. The van der Waals surface area contributed by atoms with E-state index in [1.807, 2.05) is 13.0 Å². The van der Waals surface area contributed by atoms with Crippen LogP contribution in [0, 0.1) is 5.82 Å². The number of morpholine rings is 1. The molecule has 0 saturated carbocycles. The van der Waals surface area contributed by atoms with E-state index in [4.69, 9.17) is 4.74 Å². The number of ether oxygens (including phenoxy) is 1. The maximum absolute atomic E-state index is 15.1. The summed E-state index contributed by atoms with van der Waals surface area (Å²) in [5, 5.41) is 7.89. The van der Waals surface area contributed by atoms with E-state index in [0.29, 0.717) is 54.4 Å². The average molecular weight is 524 g/mol. The summed E-state index contributed by atoms with van der Waals surface area (Å²) in [4.78, 5) is 34.5. The van der Waals surface area contributed by atoms with Crippen molar-refractivity contribution in [2.75, 3.05) is 36.5 Å². The number of pyridine rings is 1. The topological polar surface area (TPSA) is 130 Å². The maximum atomic E-state index is 15.1. The van der Waals surface area contributed by atoms with Crippen LogP contribution in [-0.2, 0) is 11.8 Å². The summed E-state index contributed by atoms with van der Waals surface area (Å²) < 4.78 is 22.2. The average Bonchev–Trinajstić information content (AvgIpc) is 3.48. The number of halogens is 1. The minimum atomic E-state index is -0.465. The summed E-state index contributed by atoms with van der Waals surface area (Å²) in [6.45, 7) is 4.42. The van der Waals surface area contributed by atoms with Gasteiger partial charge in [-0.2, -0.15) is 18.6 Å². The van der Waals surface area contributed by atoms with Crippen LogP contribution in [0.2, 0.25) is 0 Å². The second-order valence-electron chi connectivity index (χ2n) is 8.75. The third-order valence-electron chi connectivity index (χ3n) is 6.26. The molecule has 1 aliphatic rings. The van der Waals surface area contributed by atoms with Gasteiger partial charge in [-0.3, -0.25) is 9.48 Å². The fraction of sp³-hybridized carbons (Fsp3) is 0.292. The largest absolute Gasteiger partial charge is 0.378 e. The van der Waals surface area contributed by atoms with Gasteiger partial charge in [0, 0.05) is 44.4 Å². The van der Waals surface area contributed by atoms with E-state index in [9.17, 15) is 4.79 Å². The van der Waals surface area contributed by atoms with Crippen LogP contribution in [0.3, 0.4) is 0 Å². The Labute approximate surface area is 217 Å². The summed E-state index contributed by atoms with van der Waals surface area (Å²) in [6, 6.07) is 4.71. The highest BCUT2D eigenvalue weighted by Gasteiger charge is 2.24. The van der Waals surface area contributed by atoms with Crippen LogP contribution in [0.1, 0.15) is 18.8 Å². The van der Waals surface area contributed by atoms with Crippen molar-refractivity contribution in [2.24, 2.45) is 7.05 Å². The first kappa shape index (κ1) is 24.7. The molecule has 4 aromatic heterocycles. The van der Waals surface area contributed by atoms with Crippen molar-refractivity contribution in [1.82, 2.24) is 34.7 Å². The van der Waals surface area contributed by atoms with Crippen molar-refractivity contribution < 1.29 is 9.13 Å². The number of imidazole rings is 1. The fourth-order valence-electron chi connectivity index (χ4n) is 4.55. The molecule has 5 aromatic rings. The Morgan fingerprint density at radius 1 is 1.11 bits per heavy atom. The lowest BCUT2D eigenvalue weighted by molar-refractivity contribution is 0.122. The zero-order valence-electron chi connectivity index (χ0n) is 20.2. The Balaban J connectivity index is 0.00000280. The minimum absolute atomic E-state index is 0. The highest BCUT2D eigenvalue weighted by molar-refractivity contribution is 7.59. The molecule has 0 bridgehead atoms. The van der Waals surface area contributed by atoms with Crippen molar-refractivity contribution in [3.63, 3.8) is 0 Å². The molecule has 3 N–H and O–H groups in total. The lowest BCUT2D eigenvalue weighted by Gasteiger charge is -2.28. The molecular formula is C24H26FN9O2S. The van der Waals surface area contributed by atoms with Crippen molar-refractivity contribution in [3.8, 4) is 11.4 Å². The number of aryl methyl sites for hydroxylation is 1. The van der Waals surface area contributed by atoms with Gasteiger partial charge in [0.05, 0.1) is 36.0 Å². The van der Waals surface area contributed by atoms with Crippen molar-refractivity contribution in [2.45, 2.75) is 13.0 Å². The fourth-order valence-corrected chi connectivity index (χ4v) is 4.55. The number of hydrogen-bond donors (Lipinski definition) is 3. The number of aromatic amines is 2. The molecule has 6 rings (SSSR count). The predicted molar refractivity (Wildman–Crippen MR) is 144 cm³/mol. The molecule has 13 heteroatoms. The van der Waals surface area contributed by atoms with E-state index in [2.05, 4.69) is 40.2 Å². The molecule has 1 atom stereocenters. The second-order valence-corrected chi connectivity index (χ2v) is 8.75. The number of nitrogens with zero attached hydrogens (tertiary/aromatic N) is 6. The van der Waals surface area contributed by atoms with E-state index in [1.54, 1.807) is 36.4 Å². The first-order valence-electron chi connectivity index (χ1n) is 11.6. The van der Waals surface area contributed by atoms with Gasteiger partial charge in [-0.15, -0.1) is 0 Å². The number of fused-ring (bicyclic) bond motifs is 2. The molecule has 0 radical (unpaired) electrons. The van der Waals surface area contributed by atoms with Gasteiger partial charge in [0.2, 0.25) is 0 Å². The molecule has 1 aromatic carbocycles. The number of benzene rings is 1. The van der Waals surface area contributed by atoms with Crippen LogP contribution in [-0.4, -0.2) is 61.0 Å². The Hall–Kier alpha value is -3.97. The lowest BCUT2D eigenvalue weighted by Crippen LogP contribution is -2.36. The molecular weight excluding hydrogens is 497 g/mol. The highest BCUT2D eigenvalue weighted by Crippen LogP contribution is 2.33. The van der Waals surface area contributed by atoms with Crippen LogP contribution in [0.25, 0.3) is 33.5 Å². The van der Waals surface area contributed by atoms with Gasteiger partial charge >= 0.3 is 0 Å². The summed E-state index contributed by atoms with van der Waals surface area (Å²) in [5.41, 5.74) is 2.81. The standard InChI is InChI=1S/C24H24FN9O2.H2S/c1-13(22-26-4-3-5-27-22)28-21-18(24(35)30-17-12-33(2)32-20(17)21)23-29-16-11-14(10-15(25)19(16)31-23)34-6-8-36-9-7-34;/h3-5,10-13,28H,6-9H2,1-2H3,(H,29,31)(H,30,35);1H2/t13-;/m0./s1. The number of nitrogens with one attached hydrogen (secondary N) is 3. The summed E-state index contributed by atoms with van der Waals surface area (Å²) >= 11 is 0. The van der Waals surface area contributed by atoms with Gasteiger partial charge < -0.3 is 24.9 Å². The summed E-state index contributed by atoms with van der Waals surface area (Å²) in [5.74, 6) is 0.325. The van der Waals surface area contributed by atoms with Crippen LogP contribution in [0.4, 0.5) is 15.8 Å². The van der Waals surface area contributed by atoms with Gasteiger partial charge in [0.1, 0.15) is 28.2 Å². The van der Waals surface area contributed by atoms with Crippen LogP contribution in [0.15, 0.2) is 41.6 Å². The van der Waals surface area contributed by atoms with Crippen molar-refractivity contribution >= 4 is 46.9 Å². The molecule has 11 nitrogen and oxygen atoms in total. The zero-order chi connectivity index (χ0) is 24.8. The van der Waals surface area contributed by atoms with Crippen LogP contribution >= 0.6 is 13.5 Å². The molecule has 1 fully saturated rings. The third-order valence-corrected chi connectivity index (χ3v) is 6.26. The van der Waals surface area contributed by atoms with Crippen molar-refractivity contribution in [1.29, 1.82) is 0 Å². The summed E-state index contributed by atoms with van der Waals surface area (Å²) in [6.07, 6.45) is 5.04. The van der Waals surface area contributed by atoms with Crippen molar-refractivity contribution in [3.05, 3.63) is 58.8 Å². The van der Waals surface area contributed by atoms with Gasteiger partial charge in [-0.25, -0.2) is 19.3 Å². The normalized spacial score (nSPS) is 14.6. The van der Waals surface area contributed by atoms with Gasteiger partial charge in [-0.1, -0.05) is 0 Å². The molecule has 0 aliphatic carbocycles. The Morgan fingerprint density at radius 3 is 2.62 bits per heavy atom. The van der Waals surface area contributed by atoms with E-state index >= 15 is 4.39 Å². The van der Waals surface area contributed by atoms with E-state index < -0.39 is 5.82 Å². The lowest BCUT2D eigenvalue weighted by atomic mass is 10.1. The van der Waals surface area contributed by atoms with Crippen LogP contribution in [0.5, 0.6) is 0 Å². The van der Waals surface area contributed by atoms with Crippen LogP contribution < -0.4 is 15.8 Å². The molecule has 0 spiro atoms. The molecule has 192 valence electrons. The molecule has 0 unspecified atom stereocenters. The van der Waals surface area contributed by atoms with E-state index in [0.717, 1.165) is 5.69 Å². The quantitative estimate of drug-likeness (QED) is 0.321. The Kier molecular flexibility index (Phi) is 6.56. The Bertz CT molecular complexity index is 1630. The van der Waals surface area contributed by atoms with Gasteiger partial charge in [-0.05, 0) is 25.1 Å². The third kappa shape index (κ3) is 4.51. The smallest absolute Gasteiger partial charge is 0.261 e. The minimum Gasteiger partial charge on any atom is -0.378 e. The molecule has 37 heavy (non-hydrogen) atoms. The first-order valence-corrected chi connectivity index (χ1v) is 11.6. The number of H-pyrrole nitrogens is 2. The second kappa shape index (κ2) is 9.82. The first-order chi connectivity index (χ1) is 17.5. The highest BCUT2D eigenvalue weighted by atomic mass is 32.1. The van der Waals surface area contributed by atoms with E-state index in [1.165, 1.54) is 6.07 Å². The number of anilines is 2. The molecule has 5 heterocycles. The monoisotopic (exact) mass is 523 g/mol. The molecule has 0 amide bonds. The number of rotatable bonds is 5. The van der Waals surface area contributed by atoms with Gasteiger partial charge in [0.25, 0.3) is 5.56 Å². The number of hydrogen-bond acceptors (Lipinski definition) is 8. The SMILES string of the molecule is C[C@H](Nc1c(-c2nc3c(F)cc(N4CCOCC4)cc3[nH]2)c(=O)[nH]c2cn(C)nc12)c1ncccn1.S. The molecule has 1 saturated heterocycles. The predicted octanol–water partition coefficient (Wildman–Crippen LogP) is 2.86. The van der Waals surface area contributed by atoms with E-state index in [-0.39, 0.29) is 42.0 Å². The maximum Gasteiger partial charge on any atom is 0.261 e. The zero-order valence-corrected chi connectivity index (χ0v) is 21.2.